The maximum Gasteiger partial charge on any atom is 0.417 e. The second-order valence-electron chi connectivity index (χ2n) is 4.71. The number of amides is 1. The fourth-order valence-electron chi connectivity index (χ4n) is 1.91. The molecule has 0 aliphatic carbocycles. The van der Waals surface area contributed by atoms with Gasteiger partial charge in [0.25, 0.3) is 0 Å². The molecule has 0 unspecified atom stereocenters. The number of benzene rings is 2. The van der Waals surface area contributed by atoms with Crippen molar-refractivity contribution in [2.45, 2.75) is 18.0 Å². The van der Waals surface area contributed by atoms with E-state index in [4.69, 9.17) is 4.18 Å². The Balaban J connectivity index is 2.46. The highest BCUT2D eigenvalue weighted by atomic mass is 32.2. The Morgan fingerprint density at radius 1 is 1.04 bits per heavy atom. The zero-order chi connectivity index (χ0) is 18.0. The summed E-state index contributed by atoms with van der Waals surface area (Å²) in [6, 6.07) is 9.20. The number of nitrogens with one attached hydrogen (secondary N) is 1. The maximum atomic E-state index is 13.0. The summed E-state index contributed by atoms with van der Waals surface area (Å²) in [6.45, 7) is 1.20. The monoisotopic (exact) mass is 359 g/mol. The molecule has 0 bridgehead atoms. The van der Waals surface area contributed by atoms with Gasteiger partial charge in [0.2, 0.25) is 5.91 Å². The van der Waals surface area contributed by atoms with Crippen LogP contribution in [0.4, 0.5) is 18.9 Å². The zero-order valence-electron chi connectivity index (χ0n) is 12.3. The van der Waals surface area contributed by atoms with E-state index in [0.717, 1.165) is 18.2 Å². The van der Waals surface area contributed by atoms with E-state index in [0.29, 0.717) is 6.07 Å². The molecule has 0 fully saturated rings. The summed E-state index contributed by atoms with van der Waals surface area (Å²) >= 11 is 0. The Kier molecular flexibility index (Phi) is 4.83. The molecular formula is C15H12F3NO4S. The summed E-state index contributed by atoms with van der Waals surface area (Å²) in [5.74, 6) is -0.774. The molecule has 0 aliphatic heterocycles. The number of hydrogen-bond donors (Lipinski definition) is 1. The normalized spacial score (nSPS) is 11.8. The van der Waals surface area contributed by atoms with Gasteiger partial charge in [-0.15, -0.1) is 0 Å². The Bertz CT molecular complexity index is 863. The highest BCUT2D eigenvalue weighted by Crippen LogP contribution is 2.35. The number of carbonyl (C=O) groups is 1. The molecule has 0 atom stereocenters. The minimum atomic E-state index is -4.86. The van der Waals surface area contributed by atoms with Crippen molar-refractivity contribution < 1.29 is 30.6 Å². The molecule has 128 valence electrons. The summed E-state index contributed by atoms with van der Waals surface area (Å²) in [4.78, 5) is 10.1. The Morgan fingerprint density at radius 3 is 2.25 bits per heavy atom. The first-order valence-corrected chi connectivity index (χ1v) is 7.99. The van der Waals surface area contributed by atoms with Gasteiger partial charge in [-0.05, 0) is 24.3 Å². The Labute approximate surface area is 136 Å². The van der Waals surface area contributed by atoms with Crippen LogP contribution in [-0.2, 0) is 21.1 Å². The number of para-hydroxylation sites is 2. The first-order valence-electron chi connectivity index (χ1n) is 6.58. The predicted octanol–water partition coefficient (Wildman–Crippen LogP) is 3.43. The molecule has 0 heterocycles. The van der Waals surface area contributed by atoms with E-state index in [2.05, 4.69) is 5.32 Å². The predicted molar refractivity (Wildman–Crippen MR) is 80.0 cm³/mol. The highest BCUT2D eigenvalue weighted by molar-refractivity contribution is 7.87. The van der Waals surface area contributed by atoms with Crippen LogP contribution >= 0.6 is 0 Å². The van der Waals surface area contributed by atoms with Crippen molar-refractivity contribution >= 4 is 21.7 Å². The zero-order valence-corrected chi connectivity index (χ0v) is 13.1. The van der Waals surface area contributed by atoms with Crippen LogP contribution in [-0.4, -0.2) is 14.3 Å². The molecule has 2 aromatic rings. The molecule has 5 nitrogen and oxygen atoms in total. The molecular weight excluding hydrogens is 347 g/mol. The van der Waals surface area contributed by atoms with Crippen LogP contribution in [0.3, 0.4) is 0 Å². The second-order valence-corrected chi connectivity index (χ2v) is 6.22. The Hall–Kier alpha value is -2.55. The molecule has 1 amide bonds. The smallest absolute Gasteiger partial charge is 0.377 e. The van der Waals surface area contributed by atoms with Crippen LogP contribution in [0, 0.1) is 0 Å². The fraction of sp³-hybridized carbons (Fsp3) is 0.133. The van der Waals surface area contributed by atoms with Crippen molar-refractivity contribution in [3.63, 3.8) is 0 Å². The van der Waals surface area contributed by atoms with Crippen LogP contribution < -0.4 is 9.50 Å². The van der Waals surface area contributed by atoms with Crippen LogP contribution in [0.2, 0.25) is 0 Å². The molecule has 9 heteroatoms. The maximum absolute atomic E-state index is 13.0. The summed E-state index contributed by atoms with van der Waals surface area (Å²) in [6.07, 6.45) is -4.86. The van der Waals surface area contributed by atoms with Crippen molar-refractivity contribution in [1.82, 2.24) is 0 Å². The van der Waals surface area contributed by atoms with Gasteiger partial charge in [0.15, 0.2) is 5.75 Å². The fourth-order valence-corrected chi connectivity index (χ4v) is 3.08. The van der Waals surface area contributed by atoms with Gasteiger partial charge in [0.05, 0.1) is 11.3 Å². The van der Waals surface area contributed by atoms with Gasteiger partial charge in [0.1, 0.15) is 4.90 Å². The summed E-state index contributed by atoms with van der Waals surface area (Å²) in [5.41, 5.74) is -1.31. The van der Waals surface area contributed by atoms with Crippen LogP contribution in [0.15, 0.2) is 53.4 Å². The van der Waals surface area contributed by atoms with E-state index < -0.39 is 32.7 Å². The summed E-state index contributed by atoms with van der Waals surface area (Å²) in [7, 11) is -4.76. The molecule has 0 radical (unpaired) electrons. The van der Waals surface area contributed by atoms with Gasteiger partial charge in [-0.25, -0.2) is 0 Å². The molecule has 0 saturated heterocycles. The number of halogens is 3. The number of carbonyl (C=O) groups excluding carboxylic acids is 1. The number of rotatable bonds is 4. The third-order valence-electron chi connectivity index (χ3n) is 2.86. The molecule has 0 aromatic heterocycles. The molecule has 24 heavy (non-hydrogen) atoms. The lowest BCUT2D eigenvalue weighted by Gasteiger charge is -2.15. The third kappa shape index (κ3) is 4.05. The standard InChI is InChI=1S/C15H12F3NO4S/c1-10(20)19-12-7-3-4-8-13(12)23-24(21,22)14-9-5-2-6-11(14)15(16,17)18/h2-9H,1H3,(H,19,20). The first kappa shape index (κ1) is 17.8. The lowest BCUT2D eigenvalue weighted by atomic mass is 10.2. The van der Waals surface area contributed by atoms with E-state index in [1.54, 1.807) is 0 Å². The van der Waals surface area contributed by atoms with E-state index in [9.17, 15) is 26.4 Å². The van der Waals surface area contributed by atoms with Gasteiger partial charge in [-0.1, -0.05) is 24.3 Å². The van der Waals surface area contributed by atoms with E-state index in [-0.39, 0.29) is 11.4 Å². The third-order valence-corrected chi connectivity index (χ3v) is 4.15. The number of anilines is 1. The van der Waals surface area contributed by atoms with Gasteiger partial charge in [-0.2, -0.15) is 21.6 Å². The molecule has 2 aromatic carbocycles. The second kappa shape index (κ2) is 6.52. The molecule has 0 aliphatic rings. The molecule has 0 spiro atoms. The average molecular weight is 359 g/mol. The SMILES string of the molecule is CC(=O)Nc1ccccc1OS(=O)(=O)c1ccccc1C(F)(F)F. The summed E-state index contributed by atoms with van der Waals surface area (Å²) in [5, 5.41) is 2.34. The first-order chi connectivity index (χ1) is 11.1. The quantitative estimate of drug-likeness (QED) is 0.849. The van der Waals surface area contributed by atoms with Crippen molar-refractivity contribution in [3.8, 4) is 5.75 Å². The van der Waals surface area contributed by atoms with Crippen LogP contribution in [0.1, 0.15) is 12.5 Å². The van der Waals surface area contributed by atoms with Crippen LogP contribution in [0.25, 0.3) is 0 Å². The minimum Gasteiger partial charge on any atom is -0.377 e. The number of alkyl halides is 3. The van der Waals surface area contributed by atoms with E-state index in [1.807, 2.05) is 0 Å². The topological polar surface area (TPSA) is 72.5 Å². The largest absolute Gasteiger partial charge is 0.417 e. The highest BCUT2D eigenvalue weighted by Gasteiger charge is 2.37. The van der Waals surface area contributed by atoms with Gasteiger partial charge in [0, 0.05) is 6.92 Å². The van der Waals surface area contributed by atoms with Crippen LogP contribution in [0.5, 0.6) is 5.75 Å². The summed E-state index contributed by atoms with van der Waals surface area (Å²) < 4.78 is 68.3. The van der Waals surface area contributed by atoms with Gasteiger partial charge < -0.3 is 9.50 Å². The number of hydrogen-bond acceptors (Lipinski definition) is 4. The van der Waals surface area contributed by atoms with E-state index >= 15 is 0 Å². The van der Waals surface area contributed by atoms with E-state index in [1.165, 1.54) is 31.2 Å². The minimum absolute atomic E-state index is 0.0260. The lowest BCUT2D eigenvalue weighted by Crippen LogP contribution is -2.18. The van der Waals surface area contributed by atoms with Gasteiger partial charge in [-0.3, -0.25) is 4.79 Å². The van der Waals surface area contributed by atoms with Gasteiger partial charge >= 0.3 is 16.3 Å². The average Bonchev–Trinajstić information content (AvgIpc) is 2.48. The van der Waals surface area contributed by atoms with Crippen molar-refractivity contribution in [1.29, 1.82) is 0 Å². The van der Waals surface area contributed by atoms with Crippen molar-refractivity contribution in [2.75, 3.05) is 5.32 Å². The molecule has 1 N–H and O–H groups in total. The Morgan fingerprint density at radius 2 is 1.62 bits per heavy atom. The van der Waals surface area contributed by atoms with Crippen molar-refractivity contribution in [2.24, 2.45) is 0 Å². The molecule has 0 saturated carbocycles. The molecule has 2 rings (SSSR count). The van der Waals surface area contributed by atoms with Crippen molar-refractivity contribution in [3.05, 3.63) is 54.1 Å². The lowest BCUT2D eigenvalue weighted by molar-refractivity contribution is -0.140.